The van der Waals surface area contributed by atoms with Crippen LogP contribution in [0, 0.1) is 0 Å². The number of thiazole rings is 1. The Labute approximate surface area is 128 Å². The molecule has 8 heteroatoms. The largest absolute Gasteiger partial charge is 0.349 e. The molecular formula is C11H18Cl2N4OS. The SMILES string of the molecule is CCCNCCNC(=O)c1csc2cncn12.Cl.Cl. The number of hydrogen-bond acceptors (Lipinski definition) is 4. The lowest BCUT2D eigenvalue weighted by Crippen LogP contribution is -2.32. The number of halogens is 2. The van der Waals surface area contributed by atoms with E-state index in [1.807, 2.05) is 5.38 Å². The molecule has 0 radical (unpaired) electrons. The van der Waals surface area contributed by atoms with E-state index in [9.17, 15) is 4.79 Å². The van der Waals surface area contributed by atoms with E-state index in [0.29, 0.717) is 12.2 Å². The summed E-state index contributed by atoms with van der Waals surface area (Å²) in [6.07, 6.45) is 4.52. The molecule has 2 aromatic heterocycles. The highest BCUT2D eigenvalue weighted by Crippen LogP contribution is 2.15. The number of carbonyl (C=O) groups is 1. The molecule has 0 fully saturated rings. The average molecular weight is 325 g/mol. The molecule has 5 nitrogen and oxygen atoms in total. The minimum absolute atomic E-state index is 0. The van der Waals surface area contributed by atoms with E-state index in [0.717, 1.165) is 24.3 Å². The van der Waals surface area contributed by atoms with Crippen molar-refractivity contribution in [3.8, 4) is 0 Å². The highest BCUT2D eigenvalue weighted by molar-refractivity contribution is 7.15. The van der Waals surface area contributed by atoms with Gasteiger partial charge < -0.3 is 10.6 Å². The van der Waals surface area contributed by atoms with Crippen molar-refractivity contribution in [2.24, 2.45) is 0 Å². The van der Waals surface area contributed by atoms with Crippen molar-refractivity contribution < 1.29 is 4.79 Å². The van der Waals surface area contributed by atoms with Crippen LogP contribution >= 0.6 is 36.2 Å². The number of nitrogens with one attached hydrogen (secondary N) is 2. The van der Waals surface area contributed by atoms with Crippen molar-refractivity contribution in [1.82, 2.24) is 20.0 Å². The van der Waals surface area contributed by atoms with E-state index in [4.69, 9.17) is 0 Å². The standard InChI is InChI=1S/C11H16N4OS.2ClH/c1-2-3-12-4-5-14-11(16)9-7-17-10-6-13-8-15(9)10;;/h6-8,12H,2-5H2,1H3,(H,14,16);2*1H. The Hall–Kier alpha value is -0.820. The lowest BCUT2D eigenvalue weighted by Gasteiger charge is -2.05. The molecule has 0 aliphatic heterocycles. The van der Waals surface area contributed by atoms with Crippen LogP contribution in [0.5, 0.6) is 0 Å². The number of carbonyl (C=O) groups excluding carboxylic acids is 1. The number of amides is 1. The van der Waals surface area contributed by atoms with E-state index in [1.54, 1.807) is 16.9 Å². The molecule has 2 N–H and O–H groups in total. The summed E-state index contributed by atoms with van der Waals surface area (Å²) >= 11 is 1.52. The summed E-state index contributed by atoms with van der Waals surface area (Å²) in [5.41, 5.74) is 0.651. The number of aromatic nitrogens is 2. The molecule has 0 unspecified atom stereocenters. The number of fused-ring (bicyclic) bond motifs is 1. The molecule has 1 amide bonds. The summed E-state index contributed by atoms with van der Waals surface area (Å²) in [5, 5.41) is 7.97. The summed E-state index contributed by atoms with van der Waals surface area (Å²) < 4.78 is 1.81. The lowest BCUT2D eigenvalue weighted by atomic mass is 10.4. The molecular weight excluding hydrogens is 307 g/mol. The van der Waals surface area contributed by atoms with E-state index >= 15 is 0 Å². The van der Waals surface area contributed by atoms with Gasteiger partial charge in [0.05, 0.1) is 6.20 Å². The quantitative estimate of drug-likeness (QED) is 0.799. The van der Waals surface area contributed by atoms with Crippen molar-refractivity contribution in [1.29, 1.82) is 0 Å². The van der Waals surface area contributed by atoms with Crippen LogP contribution < -0.4 is 10.6 Å². The van der Waals surface area contributed by atoms with Crippen LogP contribution in [-0.2, 0) is 0 Å². The van der Waals surface area contributed by atoms with Gasteiger partial charge in [-0.05, 0) is 13.0 Å². The van der Waals surface area contributed by atoms with Crippen molar-refractivity contribution in [3.63, 3.8) is 0 Å². The molecule has 0 saturated heterocycles. The number of nitrogens with zero attached hydrogens (tertiary/aromatic N) is 2. The Morgan fingerprint density at radius 1 is 1.37 bits per heavy atom. The first-order valence-electron chi connectivity index (χ1n) is 5.71. The summed E-state index contributed by atoms with van der Waals surface area (Å²) in [7, 11) is 0. The Morgan fingerprint density at radius 3 is 2.89 bits per heavy atom. The second-order valence-corrected chi connectivity index (χ2v) is 4.62. The Balaban J connectivity index is 0.00000162. The molecule has 2 aromatic rings. The highest BCUT2D eigenvalue weighted by atomic mass is 35.5. The second kappa shape index (κ2) is 9.14. The first kappa shape index (κ1) is 18.2. The monoisotopic (exact) mass is 324 g/mol. The van der Waals surface area contributed by atoms with Crippen LogP contribution in [0.2, 0.25) is 0 Å². The van der Waals surface area contributed by atoms with Gasteiger partial charge in [-0.25, -0.2) is 4.98 Å². The molecule has 0 aromatic carbocycles. The predicted molar refractivity (Wildman–Crippen MR) is 83.1 cm³/mol. The van der Waals surface area contributed by atoms with Crippen LogP contribution in [-0.4, -0.2) is 34.9 Å². The zero-order valence-corrected chi connectivity index (χ0v) is 13.0. The normalized spacial score (nSPS) is 9.74. The molecule has 108 valence electrons. The smallest absolute Gasteiger partial charge is 0.269 e. The number of rotatable bonds is 6. The maximum Gasteiger partial charge on any atom is 0.269 e. The van der Waals surface area contributed by atoms with Crippen LogP contribution in [0.1, 0.15) is 23.8 Å². The number of imidazole rings is 1. The zero-order valence-electron chi connectivity index (χ0n) is 10.6. The summed E-state index contributed by atoms with van der Waals surface area (Å²) in [6, 6.07) is 0. The first-order chi connectivity index (χ1) is 8.33. The maximum atomic E-state index is 11.9. The fourth-order valence-electron chi connectivity index (χ4n) is 1.54. The highest BCUT2D eigenvalue weighted by Gasteiger charge is 2.11. The topological polar surface area (TPSA) is 58.4 Å². The van der Waals surface area contributed by atoms with Crippen molar-refractivity contribution in [2.45, 2.75) is 13.3 Å². The molecule has 0 aliphatic rings. The van der Waals surface area contributed by atoms with Gasteiger partial charge in [0.2, 0.25) is 0 Å². The summed E-state index contributed by atoms with van der Waals surface area (Å²) in [5.74, 6) is -0.0486. The second-order valence-electron chi connectivity index (χ2n) is 3.73. The molecule has 0 atom stereocenters. The van der Waals surface area contributed by atoms with Crippen LogP contribution in [0.3, 0.4) is 0 Å². The van der Waals surface area contributed by atoms with Crippen LogP contribution in [0.4, 0.5) is 0 Å². The zero-order chi connectivity index (χ0) is 12.1. The molecule has 19 heavy (non-hydrogen) atoms. The van der Waals surface area contributed by atoms with Crippen molar-refractivity contribution in [3.05, 3.63) is 23.6 Å². The van der Waals surface area contributed by atoms with Crippen molar-refractivity contribution in [2.75, 3.05) is 19.6 Å². The minimum Gasteiger partial charge on any atom is -0.349 e. The van der Waals surface area contributed by atoms with Gasteiger partial charge in [-0.2, -0.15) is 0 Å². The molecule has 0 bridgehead atoms. The first-order valence-corrected chi connectivity index (χ1v) is 6.59. The van der Waals surface area contributed by atoms with Gasteiger partial charge in [0.15, 0.2) is 0 Å². The van der Waals surface area contributed by atoms with Gasteiger partial charge in [-0.1, -0.05) is 6.92 Å². The van der Waals surface area contributed by atoms with E-state index in [2.05, 4.69) is 22.5 Å². The Kier molecular flexibility index (Phi) is 8.75. The van der Waals surface area contributed by atoms with E-state index < -0.39 is 0 Å². The molecule has 0 spiro atoms. The molecule has 2 rings (SSSR count). The minimum atomic E-state index is -0.0486. The van der Waals surface area contributed by atoms with Gasteiger partial charge in [-0.3, -0.25) is 9.20 Å². The maximum absolute atomic E-state index is 11.9. The third-order valence-electron chi connectivity index (χ3n) is 2.40. The van der Waals surface area contributed by atoms with Gasteiger partial charge >= 0.3 is 0 Å². The number of hydrogen-bond donors (Lipinski definition) is 2. The van der Waals surface area contributed by atoms with Gasteiger partial charge in [-0.15, -0.1) is 36.2 Å². The van der Waals surface area contributed by atoms with Crippen molar-refractivity contribution >= 4 is 46.9 Å². The third kappa shape index (κ3) is 4.65. The summed E-state index contributed by atoms with van der Waals surface area (Å²) in [6.45, 7) is 4.55. The Morgan fingerprint density at radius 2 is 2.16 bits per heavy atom. The predicted octanol–water partition coefficient (Wildman–Crippen LogP) is 1.97. The third-order valence-corrected chi connectivity index (χ3v) is 3.29. The lowest BCUT2D eigenvalue weighted by molar-refractivity contribution is 0.0948. The molecule has 0 saturated carbocycles. The van der Waals surface area contributed by atoms with Gasteiger partial charge in [0.25, 0.3) is 5.91 Å². The fourth-order valence-corrected chi connectivity index (χ4v) is 2.38. The summed E-state index contributed by atoms with van der Waals surface area (Å²) in [4.78, 5) is 16.9. The molecule has 0 aliphatic carbocycles. The van der Waals surface area contributed by atoms with Crippen LogP contribution in [0.15, 0.2) is 17.9 Å². The van der Waals surface area contributed by atoms with Gasteiger partial charge in [0, 0.05) is 18.5 Å². The molecule has 2 heterocycles. The fraction of sp³-hybridized carbons (Fsp3) is 0.455. The van der Waals surface area contributed by atoms with Gasteiger partial charge in [0.1, 0.15) is 16.9 Å². The average Bonchev–Trinajstić information content (AvgIpc) is 2.90. The van der Waals surface area contributed by atoms with Crippen LogP contribution in [0.25, 0.3) is 4.83 Å². The van der Waals surface area contributed by atoms with E-state index in [1.165, 1.54) is 11.3 Å². The van der Waals surface area contributed by atoms with E-state index in [-0.39, 0.29) is 30.7 Å². The Bertz CT molecular complexity index is 500.